The third-order valence-corrected chi connectivity index (χ3v) is 7.23. The number of rotatable bonds is 5. The van der Waals surface area contributed by atoms with Gasteiger partial charge in [0.15, 0.2) is 5.76 Å². The van der Waals surface area contributed by atoms with Crippen molar-refractivity contribution in [3.63, 3.8) is 0 Å². The number of nitrogens with one attached hydrogen (secondary N) is 1. The number of hydrogen-bond acceptors (Lipinski definition) is 9. The van der Waals surface area contributed by atoms with Crippen molar-refractivity contribution in [2.45, 2.75) is 37.5 Å². The van der Waals surface area contributed by atoms with E-state index in [0.717, 1.165) is 37.2 Å². The van der Waals surface area contributed by atoms with Crippen LogP contribution in [0.1, 0.15) is 24.3 Å². The van der Waals surface area contributed by atoms with Gasteiger partial charge in [0.1, 0.15) is 5.69 Å². The second kappa shape index (κ2) is 7.19. The number of fused-ring (bicyclic) bond motifs is 2. The normalized spacial score (nSPS) is 24.5. The summed E-state index contributed by atoms with van der Waals surface area (Å²) >= 11 is 0. The van der Waals surface area contributed by atoms with Crippen molar-refractivity contribution in [1.29, 1.82) is 0 Å². The Bertz CT molecular complexity index is 1480. The fraction of sp³-hybridized carbons (Fsp3) is 0.333. The van der Waals surface area contributed by atoms with Crippen LogP contribution in [0, 0.1) is 5.92 Å². The number of carbonyl (C=O) groups is 1. The number of aliphatic hydroxyl groups is 1. The van der Waals surface area contributed by atoms with Crippen LogP contribution in [0.5, 0.6) is 0 Å². The van der Waals surface area contributed by atoms with Crippen molar-refractivity contribution in [2.75, 3.05) is 12.4 Å². The molecule has 4 aromatic heterocycles. The van der Waals surface area contributed by atoms with Crippen molar-refractivity contribution in [1.82, 2.24) is 34.8 Å². The number of anilines is 2. The smallest absolute Gasteiger partial charge is 0.262 e. The van der Waals surface area contributed by atoms with Gasteiger partial charge in [0, 0.05) is 37.8 Å². The second-order valence-electron chi connectivity index (χ2n) is 9.30. The lowest BCUT2D eigenvalue weighted by Gasteiger charge is -2.21. The van der Waals surface area contributed by atoms with Gasteiger partial charge in [0.25, 0.3) is 5.91 Å². The number of nitrogens with zero attached hydrogens (tertiary/aromatic N) is 7. The van der Waals surface area contributed by atoms with Gasteiger partial charge in [0.05, 0.1) is 34.7 Å². The number of pyridine rings is 1. The van der Waals surface area contributed by atoms with E-state index in [1.807, 2.05) is 16.8 Å². The first kappa shape index (κ1) is 20.3. The first-order valence-electron chi connectivity index (χ1n) is 11.6. The highest BCUT2D eigenvalue weighted by molar-refractivity contribution is 5.90. The molecule has 0 unspecified atom stereocenters. The van der Waals surface area contributed by atoms with E-state index < -0.39 is 5.60 Å². The zero-order chi connectivity index (χ0) is 23.7. The molecule has 2 N–H and O–H groups in total. The highest BCUT2D eigenvalue weighted by atomic mass is 16.5. The molecule has 3 aliphatic rings. The number of hydrogen-bond donors (Lipinski definition) is 2. The third-order valence-electron chi connectivity index (χ3n) is 7.23. The van der Waals surface area contributed by atoms with Crippen LogP contribution in [0.4, 0.5) is 11.6 Å². The van der Waals surface area contributed by atoms with Gasteiger partial charge in [-0.2, -0.15) is 5.10 Å². The molecule has 0 spiro atoms. The van der Waals surface area contributed by atoms with Crippen molar-refractivity contribution < 1.29 is 14.4 Å². The average Bonchev–Trinajstić information content (AvgIpc) is 3.19. The quantitative estimate of drug-likeness (QED) is 0.450. The van der Waals surface area contributed by atoms with Crippen molar-refractivity contribution in [3.05, 3.63) is 54.2 Å². The van der Waals surface area contributed by atoms with Crippen molar-refractivity contribution >= 4 is 17.5 Å². The Morgan fingerprint density at radius 2 is 2.00 bits per heavy atom. The molecule has 3 atom stereocenters. The molecule has 176 valence electrons. The summed E-state index contributed by atoms with van der Waals surface area (Å²) in [6.07, 6.45) is 6.30. The Kier molecular flexibility index (Phi) is 4.16. The van der Waals surface area contributed by atoms with Gasteiger partial charge in [-0.25, -0.2) is 15.0 Å². The summed E-state index contributed by atoms with van der Waals surface area (Å²) < 4.78 is 7.45. The van der Waals surface area contributed by atoms with E-state index in [-0.39, 0.29) is 23.6 Å². The minimum absolute atomic E-state index is 0.0619. The molecule has 1 aliphatic carbocycles. The summed E-state index contributed by atoms with van der Waals surface area (Å²) in [5.74, 6) is 0.104. The standard InChI is InChI=1S/C24H22N8O3/c1-31-20-10-13(20)24(34,22(31)33)21-11-17(30-35-21)15-5-2-4-14(27-15)16-7-8-25-23(28-16)29-18-12-26-32-9-3-6-19(18)32/h2,4-5,7-8,11-13,20,34H,3,6,9-10H2,1H3,(H,25,28,29)/t13-,20+,24+/m0/s1. The topological polar surface area (TPSA) is 135 Å². The zero-order valence-electron chi connectivity index (χ0n) is 18.9. The van der Waals surface area contributed by atoms with Gasteiger partial charge >= 0.3 is 0 Å². The number of likely N-dealkylation sites (N-methyl/N-ethyl adjacent to an activating group) is 1. The van der Waals surface area contributed by atoms with Crippen LogP contribution in [0.2, 0.25) is 0 Å². The van der Waals surface area contributed by atoms with Crippen LogP contribution >= 0.6 is 0 Å². The second-order valence-corrected chi connectivity index (χ2v) is 9.30. The van der Waals surface area contributed by atoms with E-state index in [2.05, 4.69) is 25.5 Å². The minimum Gasteiger partial charge on any atom is -0.373 e. The fourth-order valence-electron chi connectivity index (χ4n) is 5.27. The summed E-state index contributed by atoms with van der Waals surface area (Å²) in [6.45, 7) is 0.932. The van der Waals surface area contributed by atoms with E-state index in [4.69, 9.17) is 9.51 Å². The molecular formula is C24H22N8O3. The summed E-state index contributed by atoms with van der Waals surface area (Å²) in [5, 5.41) is 22.9. The van der Waals surface area contributed by atoms with Crippen molar-refractivity contribution in [2.24, 2.45) is 5.92 Å². The summed E-state index contributed by atoms with van der Waals surface area (Å²) in [7, 11) is 1.71. The summed E-state index contributed by atoms with van der Waals surface area (Å²) in [5.41, 5.74) is 2.68. The van der Waals surface area contributed by atoms with Crippen molar-refractivity contribution in [3.8, 4) is 22.8 Å². The number of likely N-dealkylation sites (tertiary alicyclic amines) is 1. The van der Waals surface area contributed by atoms with Gasteiger partial charge in [-0.05, 0) is 37.5 Å². The molecule has 2 aliphatic heterocycles. The largest absolute Gasteiger partial charge is 0.373 e. The Labute approximate surface area is 199 Å². The SMILES string of the molecule is CN1C(=O)[C@](O)(c2cc(-c3cccc(-c4ccnc(Nc5cnn6c5CCC6)n4)n3)no2)[C@H]2C[C@H]21. The number of piperidine rings is 1. The molecule has 0 aromatic carbocycles. The summed E-state index contributed by atoms with van der Waals surface area (Å²) in [4.78, 5) is 27.9. The average molecular weight is 470 g/mol. The highest BCUT2D eigenvalue weighted by Crippen LogP contribution is 2.55. The van der Waals surface area contributed by atoms with Crippen LogP contribution in [-0.2, 0) is 23.4 Å². The summed E-state index contributed by atoms with van der Waals surface area (Å²) in [6, 6.07) is 8.96. The molecule has 1 saturated carbocycles. The molecule has 1 saturated heterocycles. The molecule has 2 fully saturated rings. The van der Waals surface area contributed by atoms with Crippen LogP contribution in [0.25, 0.3) is 22.8 Å². The van der Waals surface area contributed by atoms with Crippen LogP contribution in [-0.4, -0.2) is 58.9 Å². The van der Waals surface area contributed by atoms with Gasteiger partial charge in [-0.1, -0.05) is 11.2 Å². The van der Waals surface area contributed by atoms with Gasteiger partial charge in [-0.15, -0.1) is 0 Å². The maximum atomic E-state index is 12.6. The minimum atomic E-state index is -1.66. The lowest BCUT2D eigenvalue weighted by atomic mass is 9.95. The first-order chi connectivity index (χ1) is 17.0. The fourth-order valence-corrected chi connectivity index (χ4v) is 5.27. The molecule has 11 nitrogen and oxygen atoms in total. The number of aryl methyl sites for hydroxylation is 1. The monoisotopic (exact) mass is 470 g/mol. The Morgan fingerprint density at radius 1 is 1.17 bits per heavy atom. The van der Waals surface area contributed by atoms with Crippen LogP contribution in [0.3, 0.4) is 0 Å². The van der Waals surface area contributed by atoms with Crippen LogP contribution < -0.4 is 5.32 Å². The van der Waals surface area contributed by atoms with Gasteiger partial charge in [0.2, 0.25) is 11.5 Å². The molecule has 35 heavy (non-hydrogen) atoms. The molecule has 0 bridgehead atoms. The zero-order valence-corrected chi connectivity index (χ0v) is 18.9. The van der Waals surface area contributed by atoms with Gasteiger partial charge < -0.3 is 19.8 Å². The Balaban J connectivity index is 1.17. The Morgan fingerprint density at radius 3 is 2.83 bits per heavy atom. The highest BCUT2D eigenvalue weighted by Gasteiger charge is 2.68. The Hall–Kier alpha value is -4.12. The van der Waals surface area contributed by atoms with Gasteiger partial charge in [-0.3, -0.25) is 9.48 Å². The molecule has 11 heteroatoms. The number of amides is 1. The van der Waals surface area contributed by atoms with E-state index in [1.54, 1.807) is 42.5 Å². The number of carbonyl (C=O) groups excluding carboxylic acids is 1. The van der Waals surface area contributed by atoms with E-state index in [9.17, 15) is 9.90 Å². The van der Waals surface area contributed by atoms with E-state index in [0.29, 0.717) is 28.7 Å². The van der Waals surface area contributed by atoms with E-state index in [1.165, 1.54) is 0 Å². The first-order valence-corrected chi connectivity index (χ1v) is 11.6. The lowest BCUT2D eigenvalue weighted by molar-refractivity contribution is -0.149. The van der Waals surface area contributed by atoms with E-state index >= 15 is 0 Å². The molecule has 6 heterocycles. The molecule has 7 rings (SSSR count). The predicted molar refractivity (Wildman–Crippen MR) is 123 cm³/mol. The molecule has 1 amide bonds. The molecular weight excluding hydrogens is 448 g/mol. The number of aromatic nitrogens is 6. The lowest BCUT2D eigenvalue weighted by Crippen LogP contribution is -2.40. The molecule has 4 aromatic rings. The predicted octanol–water partition coefficient (Wildman–Crippen LogP) is 2.13. The maximum absolute atomic E-state index is 12.6. The molecule has 0 radical (unpaired) electrons. The van der Waals surface area contributed by atoms with Crippen LogP contribution in [0.15, 0.2) is 47.2 Å². The maximum Gasteiger partial charge on any atom is 0.262 e. The third kappa shape index (κ3) is 3.01.